The minimum atomic E-state index is -1.53. The Kier molecular flexibility index (Phi) is 8.69. The summed E-state index contributed by atoms with van der Waals surface area (Å²) in [6, 6.07) is 3.56. The largest absolute Gasteiger partial charge is 0.497 e. The van der Waals surface area contributed by atoms with Crippen LogP contribution < -0.4 is 14.8 Å². The number of carbonyl (C=O) groups is 3. The van der Waals surface area contributed by atoms with Gasteiger partial charge in [-0.15, -0.1) is 0 Å². The van der Waals surface area contributed by atoms with E-state index in [2.05, 4.69) is 5.32 Å². The van der Waals surface area contributed by atoms with Crippen molar-refractivity contribution in [1.82, 2.24) is 5.32 Å². The second-order valence-electron chi connectivity index (χ2n) is 4.89. The molecule has 0 aliphatic heterocycles. The third kappa shape index (κ3) is 6.12. The molecule has 1 rings (SSSR count). The Balaban J connectivity index is 2.92. The van der Waals surface area contributed by atoms with Crippen molar-refractivity contribution in [2.45, 2.75) is 19.9 Å². The number of nitrogens with one attached hydrogen (secondary N) is 1. The Morgan fingerprint density at radius 2 is 1.65 bits per heavy atom. The Morgan fingerprint density at radius 3 is 2.15 bits per heavy atom. The lowest BCUT2D eigenvalue weighted by molar-refractivity contribution is -0.159. The van der Waals surface area contributed by atoms with Gasteiger partial charge in [-0.05, 0) is 38.1 Å². The summed E-state index contributed by atoms with van der Waals surface area (Å²) in [6.07, 6.45) is 2.65. The van der Waals surface area contributed by atoms with E-state index in [0.29, 0.717) is 17.1 Å². The minimum Gasteiger partial charge on any atom is -0.497 e. The summed E-state index contributed by atoms with van der Waals surface area (Å²) in [5.41, 5.74) is 0.589. The summed E-state index contributed by atoms with van der Waals surface area (Å²) in [5.74, 6) is -1.32. The molecule has 26 heavy (non-hydrogen) atoms. The molecule has 0 aliphatic rings. The standard InChI is InChI=1S/C18H23NO7/c1-5-25-17(21)16(18(22)26-6-2)19-15(20)10-7-12-11-13(23-3)8-9-14(12)24-4/h7-11,16H,5-6H2,1-4H3,(H,19,20)/b10-7+. The number of benzene rings is 1. The summed E-state index contributed by atoms with van der Waals surface area (Å²) in [7, 11) is 3.02. The Labute approximate surface area is 152 Å². The molecule has 0 spiro atoms. The van der Waals surface area contributed by atoms with Crippen molar-refractivity contribution in [2.24, 2.45) is 0 Å². The van der Waals surface area contributed by atoms with Crippen molar-refractivity contribution in [3.05, 3.63) is 29.8 Å². The van der Waals surface area contributed by atoms with Gasteiger partial charge in [-0.2, -0.15) is 0 Å². The van der Waals surface area contributed by atoms with Crippen molar-refractivity contribution in [3.8, 4) is 11.5 Å². The smallest absolute Gasteiger partial charge is 0.340 e. The number of hydrogen-bond donors (Lipinski definition) is 1. The fourth-order valence-electron chi connectivity index (χ4n) is 1.99. The number of methoxy groups -OCH3 is 2. The molecule has 1 N–H and O–H groups in total. The second kappa shape index (κ2) is 10.8. The zero-order valence-electron chi connectivity index (χ0n) is 15.2. The molecule has 0 unspecified atom stereocenters. The van der Waals surface area contributed by atoms with Gasteiger partial charge in [-0.3, -0.25) is 4.79 Å². The maximum Gasteiger partial charge on any atom is 0.340 e. The van der Waals surface area contributed by atoms with Gasteiger partial charge < -0.3 is 24.3 Å². The molecule has 142 valence electrons. The van der Waals surface area contributed by atoms with Crippen molar-refractivity contribution >= 4 is 23.9 Å². The Bertz CT molecular complexity index is 652. The van der Waals surface area contributed by atoms with E-state index in [1.165, 1.54) is 26.4 Å². The molecule has 0 heterocycles. The van der Waals surface area contributed by atoms with E-state index >= 15 is 0 Å². The Morgan fingerprint density at radius 1 is 1.04 bits per heavy atom. The number of amides is 1. The average molecular weight is 365 g/mol. The molecule has 0 aromatic heterocycles. The van der Waals surface area contributed by atoms with E-state index in [-0.39, 0.29) is 13.2 Å². The molecule has 0 atom stereocenters. The van der Waals surface area contributed by atoms with Gasteiger partial charge in [-0.25, -0.2) is 9.59 Å². The summed E-state index contributed by atoms with van der Waals surface area (Å²) in [4.78, 5) is 35.8. The van der Waals surface area contributed by atoms with E-state index < -0.39 is 23.9 Å². The van der Waals surface area contributed by atoms with Crippen LogP contribution in [0.15, 0.2) is 24.3 Å². The first-order valence-electron chi connectivity index (χ1n) is 8.00. The molecule has 0 saturated carbocycles. The summed E-state index contributed by atoms with van der Waals surface area (Å²) in [6.45, 7) is 3.33. The lowest BCUT2D eigenvalue weighted by Gasteiger charge is -2.14. The SMILES string of the molecule is CCOC(=O)C(NC(=O)/C=C/c1cc(OC)ccc1OC)C(=O)OCC. The molecule has 0 saturated heterocycles. The zero-order valence-corrected chi connectivity index (χ0v) is 15.2. The van der Waals surface area contributed by atoms with Crippen molar-refractivity contribution in [3.63, 3.8) is 0 Å². The van der Waals surface area contributed by atoms with Crippen molar-refractivity contribution in [2.75, 3.05) is 27.4 Å². The molecule has 1 aromatic carbocycles. The summed E-state index contributed by atoms with van der Waals surface area (Å²) >= 11 is 0. The van der Waals surface area contributed by atoms with Gasteiger partial charge >= 0.3 is 11.9 Å². The highest BCUT2D eigenvalue weighted by Gasteiger charge is 2.30. The molecular weight excluding hydrogens is 342 g/mol. The van der Waals surface area contributed by atoms with Crippen LogP contribution in [0, 0.1) is 0 Å². The minimum absolute atomic E-state index is 0.0709. The van der Waals surface area contributed by atoms with Crippen LogP contribution in [0.4, 0.5) is 0 Å². The van der Waals surface area contributed by atoms with E-state index in [9.17, 15) is 14.4 Å². The summed E-state index contributed by atoms with van der Waals surface area (Å²) < 4.78 is 19.9. The third-order valence-electron chi connectivity index (χ3n) is 3.18. The molecule has 1 amide bonds. The average Bonchev–Trinajstić information content (AvgIpc) is 2.64. The molecule has 8 nitrogen and oxygen atoms in total. The van der Waals surface area contributed by atoms with Gasteiger partial charge in [-0.1, -0.05) is 0 Å². The van der Waals surface area contributed by atoms with Crippen LogP contribution >= 0.6 is 0 Å². The lowest BCUT2D eigenvalue weighted by Crippen LogP contribution is -2.47. The van der Waals surface area contributed by atoms with Crippen LogP contribution in [0.5, 0.6) is 11.5 Å². The van der Waals surface area contributed by atoms with E-state index in [0.717, 1.165) is 0 Å². The zero-order chi connectivity index (χ0) is 19.5. The molecule has 0 bridgehead atoms. The van der Waals surface area contributed by atoms with Gasteiger partial charge in [0.15, 0.2) is 0 Å². The molecule has 0 fully saturated rings. The number of carbonyl (C=O) groups excluding carboxylic acids is 3. The normalized spacial score (nSPS) is 10.5. The first-order chi connectivity index (χ1) is 12.5. The number of ether oxygens (including phenoxy) is 4. The van der Waals surface area contributed by atoms with Gasteiger partial charge in [0, 0.05) is 11.6 Å². The van der Waals surface area contributed by atoms with Crippen LogP contribution in [-0.2, 0) is 23.9 Å². The van der Waals surface area contributed by atoms with E-state index in [1.807, 2.05) is 0 Å². The molecule has 0 aliphatic carbocycles. The van der Waals surface area contributed by atoms with Crippen LogP contribution in [0.25, 0.3) is 6.08 Å². The fraction of sp³-hybridized carbons (Fsp3) is 0.389. The number of esters is 2. The highest BCUT2D eigenvalue weighted by molar-refractivity contribution is 6.04. The lowest BCUT2D eigenvalue weighted by atomic mass is 10.1. The van der Waals surface area contributed by atoms with Crippen molar-refractivity contribution in [1.29, 1.82) is 0 Å². The van der Waals surface area contributed by atoms with Gasteiger partial charge in [0.2, 0.25) is 11.9 Å². The maximum absolute atomic E-state index is 12.1. The van der Waals surface area contributed by atoms with Crippen LogP contribution in [0.1, 0.15) is 19.4 Å². The Hall–Kier alpha value is -3.03. The maximum atomic E-state index is 12.1. The second-order valence-corrected chi connectivity index (χ2v) is 4.89. The number of hydrogen-bond acceptors (Lipinski definition) is 7. The van der Waals surface area contributed by atoms with E-state index in [1.54, 1.807) is 32.0 Å². The highest BCUT2D eigenvalue weighted by atomic mass is 16.6. The quantitative estimate of drug-likeness (QED) is 0.400. The van der Waals surface area contributed by atoms with Gasteiger partial charge in [0.1, 0.15) is 11.5 Å². The summed E-state index contributed by atoms with van der Waals surface area (Å²) in [5, 5.41) is 2.28. The molecule has 8 heteroatoms. The predicted molar refractivity (Wildman–Crippen MR) is 93.8 cm³/mol. The van der Waals surface area contributed by atoms with Gasteiger partial charge in [0.05, 0.1) is 27.4 Å². The topological polar surface area (TPSA) is 100 Å². The van der Waals surface area contributed by atoms with Crippen molar-refractivity contribution < 1.29 is 33.3 Å². The molecular formula is C18H23NO7. The molecule has 1 aromatic rings. The van der Waals surface area contributed by atoms with Crippen LogP contribution in [-0.4, -0.2) is 51.3 Å². The van der Waals surface area contributed by atoms with Gasteiger partial charge in [0.25, 0.3) is 0 Å². The van der Waals surface area contributed by atoms with Crippen LogP contribution in [0.3, 0.4) is 0 Å². The predicted octanol–water partition coefficient (Wildman–Crippen LogP) is 1.33. The monoisotopic (exact) mass is 365 g/mol. The van der Waals surface area contributed by atoms with Crippen LogP contribution in [0.2, 0.25) is 0 Å². The first-order valence-corrected chi connectivity index (χ1v) is 8.00. The molecule has 0 radical (unpaired) electrons. The first kappa shape index (κ1) is 21.0. The van der Waals surface area contributed by atoms with E-state index in [4.69, 9.17) is 18.9 Å². The third-order valence-corrected chi connectivity index (χ3v) is 3.18. The number of rotatable bonds is 9. The fourth-order valence-corrected chi connectivity index (χ4v) is 1.99. The highest BCUT2D eigenvalue weighted by Crippen LogP contribution is 2.24.